The molecular weight excluding hydrogens is 413 g/mol. The van der Waals surface area contributed by atoms with Crippen molar-refractivity contribution in [1.29, 1.82) is 0 Å². The van der Waals surface area contributed by atoms with Gasteiger partial charge in [0.1, 0.15) is 5.82 Å². The number of benzene rings is 1. The Morgan fingerprint density at radius 3 is 2.76 bits per heavy atom. The molecular formula is C11H11BrIN3S. The first-order chi connectivity index (χ1) is 8.00. The molecule has 1 heterocycles. The summed E-state index contributed by atoms with van der Waals surface area (Å²) in [5.41, 5.74) is 1.04. The molecule has 0 aliphatic heterocycles. The number of nitrogens with one attached hydrogen (secondary N) is 1. The highest BCUT2D eigenvalue weighted by atomic mass is 127. The zero-order valence-corrected chi connectivity index (χ0v) is 13.9. The minimum absolute atomic E-state index is 0.323. The van der Waals surface area contributed by atoms with E-state index in [0.29, 0.717) is 10.7 Å². The average molecular weight is 424 g/mol. The Bertz CT molecular complexity index is 603. The Kier molecular flexibility index (Phi) is 4.04. The Morgan fingerprint density at radius 2 is 2.18 bits per heavy atom. The summed E-state index contributed by atoms with van der Waals surface area (Å²) in [6.45, 7) is 4.20. The summed E-state index contributed by atoms with van der Waals surface area (Å²) in [5.74, 6) is 1.28. The molecule has 0 aliphatic carbocycles. The molecule has 2 aromatic rings. The maximum absolute atomic E-state index is 5.28. The van der Waals surface area contributed by atoms with Gasteiger partial charge in [0.2, 0.25) is 0 Å². The molecule has 0 bridgehead atoms. The summed E-state index contributed by atoms with van der Waals surface area (Å²) in [7, 11) is 0. The smallest absolute Gasteiger partial charge is 0.199 e. The SMILES string of the molecule is CC(C)c1n[nH]c(=S)n1-c1ccc(Br)c(I)c1. The number of hydrogen-bond acceptors (Lipinski definition) is 2. The molecule has 1 aromatic carbocycles. The molecule has 0 aliphatic rings. The van der Waals surface area contributed by atoms with Gasteiger partial charge in [-0.25, -0.2) is 0 Å². The van der Waals surface area contributed by atoms with E-state index in [0.717, 1.165) is 19.6 Å². The van der Waals surface area contributed by atoms with Crippen LogP contribution in [0.25, 0.3) is 5.69 Å². The van der Waals surface area contributed by atoms with E-state index in [9.17, 15) is 0 Å². The van der Waals surface area contributed by atoms with E-state index >= 15 is 0 Å². The largest absolute Gasteiger partial charge is 0.272 e. The third kappa shape index (κ3) is 2.63. The molecule has 1 aromatic heterocycles. The van der Waals surface area contributed by atoms with Crippen LogP contribution in [0.3, 0.4) is 0 Å². The minimum atomic E-state index is 0.323. The lowest BCUT2D eigenvalue weighted by Crippen LogP contribution is -2.03. The number of hydrogen-bond donors (Lipinski definition) is 1. The predicted octanol–water partition coefficient (Wildman–Crippen LogP) is 4.42. The second-order valence-electron chi connectivity index (χ2n) is 3.98. The molecule has 2 rings (SSSR count). The van der Waals surface area contributed by atoms with Crippen LogP contribution in [0.2, 0.25) is 0 Å². The van der Waals surface area contributed by atoms with Gasteiger partial charge in [-0.3, -0.25) is 9.67 Å². The standard InChI is InChI=1S/C11H11BrIN3S/c1-6(2)10-14-15-11(17)16(10)7-3-4-8(12)9(13)5-7/h3-6H,1-2H3,(H,15,17). The number of aromatic amines is 1. The highest BCUT2D eigenvalue weighted by Gasteiger charge is 2.12. The molecule has 0 atom stereocenters. The van der Waals surface area contributed by atoms with Crippen LogP contribution in [-0.2, 0) is 0 Å². The second kappa shape index (κ2) is 5.19. The molecule has 6 heteroatoms. The summed E-state index contributed by atoms with van der Waals surface area (Å²) in [5, 5.41) is 7.13. The van der Waals surface area contributed by atoms with E-state index in [1.165, 1.54) is 0 Å². The van der Waals surface area contributed by atoms with Crippen LogP contribution in [0.15, 0.2) is 22.7 Å². The Morgan fingerprint density at radius 1 is 1.47 bits per heavy atom. The number of H-pyrrole nitrogens is 1. The van der Waals surface area contributed by atoms with Crippen molar-refractivity contribution in [2.75, 3.05) is 0 Å². The zero-order valence-electron chi connectivity index (χ0n) is 9.37. The number of halogens is 2. The predicted molar refractivity (Wildman–Crippen MR) is 83.3 cm³/mol. The molecule has 90 valence electrons. The van der Waals surface area contributed by atoms with Gasteiger partial charge >= 0.3 is 0 Å². The summed E-state index contributed by atoms with van der Waals surface area (Å²) < 4.78 is 4.85. The normalized spacial score (nSPS) is 11.1. The fourth-order valence-corrected chi connectivity index (χ4v) is 2.56. The molecule has 0 fully saturated rings. The van der Waals surface area contributed by atoms with E-state index < -0.39 is 0 Å². The van der Waals surface area contributed by atoms with Crippen LogP contribution in [0.5, 0.6) is 0 Å². The zero-order chi connectivity index (χ0) is 12.6. The van der Waals surface area contributed by atoms with Gasteiger partial charge in [-0.15, -0.1) is 0 Å². The van der Waals surface area contributed by atoms with Crippen molar-refractivity contribution < 1.29 is 0 Å². The summed E-state index contributed by atoms with van der Waals surface area (Å²) in [6, 6.07) is 6.14. The van der Waals surface area contributed by atoms with E-state index in [1.807, 2.05) is 16.7 Å². The van der Waals surface area contributed by atoms with Crippen LogP contribution in [0.1, 0.15) is 25.6 Å². The molecule has 17 heavy (non-hydrogen) atoms. The van der Waals surface area contributed by atoms with Crippen molar-refractivity contribution in [2.45, 2.75) is 19.8 Å². The van der Waals surface area contributed by atoms with Gasteiger partial charge in [-0.1, -0.05) is 13.8 Å². The number of aromatic nitrogens is 3. The Hall–Kier alpha value is -0.210. The molecule has 0 saturated carbocycles. The van der Waals surface area contributed by atoms with Crippen LogP contribution in [0.4, 0.5) is 0 Å². The van der Waals surface area contributed by atoms with E-state index in [2.05, 4.69) is 68.6 Å². The third-order valence-electron chi connectivity index (χ3n) is 2.38. The van der Waals surface area contributed by atoms with Gasteiger partial charge < -0.3 is 0 Å². The van der Waals surface area contributed by atoms with Gasteiger partial charge in [-0.2, -0.15) is 5.10 Å². The van der Waals surface area contributed by atoms with Crippen LogP contribution >= 0.6 is 50.7 Å². The highest BCUT2D eigenvalue weighted by Crippen LogP contribution is 2.24. The van der Waals surface area contributed by atoms with Crippen molar-refractivity contribution in [3.8, 4) is 5.69 Å². The molecule has 0 saturated heterocycles. The third-order valence-corrected chi connectivity index (χ3v) is 4.98. The van der Waals surface area contributed by atoms with Gasteiger partial charge in [-0.05, 0) is 68.9 Å². The maximum Gasteiger partial charge on any atom is 0.199 e. The quantitative estimate of drug-likeness (QED) is 0.572. The van der Waals surface area contributed by atoms with Crippen LogP contribution in [-0.4, -0.2) is 14.8 Å². The second-order valence-corrected chi connectivity index (χ2v) is 6.38. The lowest BCUT2D eigenvalue weighted by molar-refractivity contribution is 0.744. The lowest BCUT2D eigenvalue weighted by Gasteiger charge is -2.10. The highest BCUT2D eigenvalue weighted by molar-refractivity contribution is 14.1. The van der Waals surface area contributed by atoms with Gasteiger partial charge in [0.05, 0.1) is 5.69 Å². The van der Waals surface area contributed by atoms with Crippen molar-refractivity contribution in [2.24, 2.45) is 0 Å². The topological polar surface area (TPSA) is 33.6 Å². The summed E-state index contributed by atoms with van der Waals surface area (Å²) in [6.07, 6.45) is 0. The molecule has 1 N–H and O–H groups in total. The number of rotatable bonds is 2. The summed E-state index contributed by atoms with van der Waals surface area (Å²) in [4.78, 5) is 0. The molecule has 0 radical (unpaired) electrons. The fraction of sp³-hybridized carbons (Fsp3) is 0.273. The van der Waals surface area contributed by atoms with Gasteiger partial charge in [0.15, 0.2) is 4.77 Å². The molecule has 3 nitrogen and oxygen atoms in total. The lowest BCUT2D eigenvalue weighted by atomic mass is 10.2. The first kappa shape index (κ1) is 13.2. The monoisotopic (exact) mass is 423 g/mol. The molecule has 0 spiro atoms. The van der Waals surface area contributed by atoms with E-state index in [-0.39, 0.29) is 0 Å². The molecule has 0 amide bonds. The van der Waals surface area contributed by atoms with Crippen molar-refractivity contribution in [1.82, 2.24) is 14.8 Å². The number of nitrogens with zero attached hydrogens (tertiary/aromatic N) is 2. The van der Waals surface area contributed by atoms with E-state index in [1.54, 1.807) is 0 Å². The van der Waals surface area contributed by atoms with Crippen LogP contribution in [0, 0.1) is 8.34 Å². The van der Waals surface area contributed by atoms with Gasteiger partial charge in [0.25, 0.3) is 0 Å². The molecule has 0 unspecified atom stereocenters. The minimum Gasteiger partial charge on any atom is -0.272 e. The fourth-order valence-electron chi connectivity index (χ4n) is 1.57. The maximum atomic E-state index is 5.28. The van der Waals surface area contributed by atoms with Crippen molar-refractivity contribution >= 4 is 50.7 Å². The Labute approximate surface area is 127 Å². The van der Waals surface area contributed by atoms with Gasteiger partial charge in [0, 0.05) is 14.0 Å². The van der Waals surface area contributed by atoms with Crippen molar-refractivity contribution in [3.05, 3.63) is 36.8 Å². The first-order valence-corrected chi connectivity index (χ1v) is 7.41. The Balaban J connectivity index is 2.63. The van der Waals surface area contributed by atoms with Crippen LogP contribution < -0.4 is 0 Å². The first-order valence-electron chi connectivity index (χ1n) is 5.13. The summed E-state index contributed by atoms with van der Waals surface area (Å²) >= 11 is 11.1. The van der Waals surface area contributed by atoms with E-state index in [4.69, 9.17) is 12.2 Å². The van der Waals surface area contributed by atoms with Crippen molar-refractivity contribution in [3.63, 3.8) is 0 Å². The average Bonchev–Trinajstić information content (AvgIpc) is 2.64.